The predicted molar refractivity (Wildman–Crippen MR) is 146 cm³/mol. The molecule has 3 aromatic rings. The number of rotatable bonds is 10. The van der Waals surface area contributed by atoms with E-state index in [-0.39, 0.29) is 29.6 Å². The summed E-state index contributed by atoms with van der Waals surface area (Å²) in [5, 5.41) is 0.612. The zero-order valence-electron chi connectivity index (χ0n) is 20.4. The molecule has 3 rings (SSSR count). The normalized spacial score (nSPS) is 11.7. The molecule has 1 heterocycles. The third kappa shape index (κ3) is 6.86. The number of halogens is 2. The van der Waals surface area contributed by atoms with Crippen LogP contribution in [0.2, 0.25) is 5.02 Å². The third-order valence-electron chi connectivity index (χ3n) is 5.41. The molecule has 1 aromatic heterocycles. The van der Waals surface area contributed by atoms with Gasteiger partial charge >= 0.3 is 0 Å². The molecule has 0 radical (unpaired) electrons. The fraction of sp³-hybridized carbons (Fsp3) is 0.417. The molecule has 0 aliphatic heterocycles. The first kappa shape index (κ1) is 29.3. The number of sulfone groups is 1. The average Bonchev–Trinajstić information content (AvgIpc) is 3.23. The minimum absolute atomic E-state index is 0. The fourth-order valence-corrected chi connectivity index (χ4v) is 5.79. The summed E-state index contributed by atoms with van der Waals surface area (Å²) < 4.78 is 31.0. The van der Waals surface area contributed by atoms with Gasteiger partial charge in [0, 0.05) is 6.54 Å². The van der Waals surface area contributed by atoms with Crippen molar-refractivity contribution in [3.63, 3.8) is 0 Å². The minimum atomic E-state index is -3.36. The average molecular weight is 561 g/mol. The Hall–Kier alpha value is -1.91. The van der Waals surface area contributed by atoms with Gasteiger partial charge in [0.2, 0.25) is 5.91 Å². The Kier molecular flexibility index (Phi) is 10.4. The maximum Gasteiger partial charge on any atom is 0.233 e. The molecule has 7 nitrogen and oxygen atoms in total. The van der Waals surface area contributed by atoms with E-state index in [1.807, 2.05) is 14.1 Å². The molecule has 0 fully saturated rings. The summed E-state index contributed by atoms with van der Waals surface area (Å²) in [6.07, 6.45) is 0.899. The van der Waals surface area contributed by atoms with Crippen LogP contribution in [0.15, 0.2) is 41.3 Å². The highest BCUT2D eigenvalue weighted by Crippen LogP contribution is 2.39. The molecule has 0 atom stereocenters. The molecular weight excluding hydrogens is 529 g/mol. The van der Waals surface area contributed by atoms with Crippen molar-refractivity contribution < 1.29 is 17.9 Å². The summed E-state index contributed by atoms with van der Waals surface area (Å²) in [5.41, 5.74) is 1.37. The van der Waals surface area contributed by atoms with Crippen LogP contribution in [0, 0.1) is 0 Å². The lowest BCUT2D eigenvalue weighted by molar-refractivity contribution is -0.118. The quantitative estimate of drug-likeness (QED) is 0.344. The second kappa shape index (κ2) is 12.4. The number of hydrogen-bond acceptors (Lipinski definition) is 7. The molecule has 0 aliphatic carbocycles. The van der Waals surface area contributed by atoms with Gasteiger partial charge in [0.05, 0.1) is 33.4 Å². The van der Waals surface area contributed by atoms with Crippen molar-refractivity contribution in [2.45, 2.75) is 36.8 Å². The van der Waals surface area contributed by atoms with Crippen LogP contribution in [0.25, 0.3) is 10.2 Å². The van der Waals surface area contributed by atoms with Crippen LogP contribution in [0.3, 0.4) is 0 Å². The molecule has 0 aliphatic rings. The SMILES string of the molecule is COc1ccc(Cl)c2sc(N(CCCN(C)C)C(=O)Cc3ccc(S(=O)(=O)C(C)C)cc3)nc12.Cl. The van der Waals surface area contributed by atoms with Crippen LogP contribution in [-0.4, -0.2) is 63.8 Å². The van der Waals surface area contributed by atoms with E-state index in [9.17, 15) is 13.2 Å². The van der Waals surface area contributed by atoms with Crippen LogP contribution in [0.1, 0.15) is 25.8 Å². The van der Waals surface area contributed by atoms with Crippen molar-refractivity contribution >= 4 is 66.4 Å². The van der Waals surface area contributed by atoms with Crippen LogP contribution < -0.4 is 9.64 Å². The summed E-state index contributed by atoms with van der Waals surface area (Å²) >= 11 is 7.75. The summed E-state index contributed by atoms with van der Waals surface area (Å²) in [6, 6.07) is 10.1. The zero-order chi connectivity index (χ0) is 25.0. The number of benzene rings is 2. The number of carbonyl (C=O) groups excluding carboxylic acids is 1. The first-order valence-electron chi connectivity index (χ1n) is 11.0. The molecule has 0 saturated heterocycles. The number of aromatic nitrogens is 1. The molecule has 0 N–H and O–H groups in total. The van der Waals surface area contributed by atoms with Crippen molar-refractivity contribution in [3.8, 4) is 5.75 Å². The summed E-state index contributed by atoms with van der Waals surface area (Å²) in [4.78, 5) is 22.1. The first-order valence-corrected chi connectivity index (χ1v) is 13.7. The van der Waals surface area contributed by atoms with Gasteiger partial charge in [-0.05, 0) is 70.7 Å². The Morgan fingerprint density at radius 2 is 1.77 bits per heavy atom. The number of nitrogens with zero attached hydrogens (tertiary/aromatic N) is 3. The van der Waals surface area contributed by atoms with Gasteiger partial charge in [-0.2, -0.15) is 0 Å². The van der Waals surface area contributed by atoms with Crippen molar-refractivity contribution in [2.24, 2.45) is 0 Å². The zero-order valence-corrected chi connectivity index (χ0v) is 23.7. The van der Waals surface area contributed by atoms with E-state index in [0.717, 1.165) is 23.2 Å². The Bertz CT molecular complexity index is 1260. The van der Waals surface area contributed by atoms with Gasteiger partial charge in [0.1, 0.15) is 11.3 Å². The number of ether oxygens (including phenoxy) is 1. The summed E-state index contributed by atoms with van der Waals surface area (Å²) in [7, 11) is 2.19. The fourth-order valence-electron chi connectivity index (χ4n) is 3.43. The molecular formula is C24H31Cl2N3O4S2. The maximum atomic E-state index is 13.4. The van der Waals surface area contributed by atoms with Gasteiger partial charge in [-0.3, -0.25) is 9.69 Å². The van der Waals surface area contributed by atoms with Gasteiger partial charge in [0.25, 0.3) is 0 Å². The van der Waals surface area contributed by atoms with E-state index in [1.54, 1.807) is 62.3 Å². The molecule has 1 amide bonds. The molecule has 0 spiro atoms. The second-order valence-electron chi connectivity index (χ2n) is 8.54. The highest BCUT2D eigenvalue weighted by atomic mass is 35.5. The van der Waals surface area contributed by atoms with Crippen molar-refractivity contribution in [3.05, 3.63) is 47.0 Å². The van der Waals surface area contributed by atoms with E-state index in [2.05, 4.69) is 4.90 Å². The number of anilines is 1. The van der Waals surface area contributed by atoms with Crippen LogP contribution in [0.4, 0.5) is 5.13 Å². The lowest BCUT2D eigenvalue weighted by atomic mass is 10.1. The first-order chi connectivity index (χ1) is 16.0. The standard InChI is InChI=1S/C24H30ClN3O4S2.ClH/c1-16(2)34(30,31)18-9-7-17(8-10-18)15-21(29)28(14-6-13-27(3)4)24-26-22-20(32-5)12-11-19(25)23(22)33-24;/h7-12,16H,6,13-15H2,1-5H3;1H. The lowest BCUT2D eigenvalue weighted by Crippen LogP contribution is -2.34. The number of methoxy groups -OCH3 is 1. The number of amides is 1. The van der Waals surface area contributed by atoms with Gasteiger partial charge < -0.3 is 9.64 Å². The van der Waals surface area contributed by atoms with Gasteiger partial charge in [0.15, 0.2) is 15.0 Å². The summed E-state index contributed by atoms with van der Waals surface area (Å²) in [5.74, 6) is 0.483. The van der Waals surface area contributed by atoms with Crippen molar-refractivity contribution in [1.82, 2.24) is 9.88 Å². The molecule has 2 aromatic carbocycles. The van der Waals surface area contributed by atoms with Gasteiger partial charge in [-0.25, -0.2) is 13.4 Å². The van der Waals surface area contributed by atoms with Crippen molar-refractivity contribution in [2.75, 3.05) is 39.2 Å². The molecule has 192 valence electrons. The molecule has 35 heavy (non-hydrogen) atoms. The largest absolute Gasteiger partial charge is 0.494 e. The van der Waals surface area contributed by atoms with E-state index < -0.39 is 15.1 Å². The van der Waals surface area contributed by atoms with Crippen molar-refractivity contribution in [1.29, 1.82) is 0 Å². The Morgan fingerprint density at radius 3 is 2.34 bits per heavy atom. The third-order valence-corrected chi connectivity index (χ3v) is 9.12. The smallest absolute Gasteiger partial charge is 0.233 e. The highest BCUT2D eigenvalue weighted by Gasteiger charge is 2.23. The molecule has 11 heteroatoms. The topological polar surface area (TPSA) is 79.8 Å². The van der Waals surface area contributed by atoms with E-state index in [1.165, 1.54) is 11.3 Å². The van der Waals surface area contributed by atoms with Crippen LogP contribution in [0.5, 0.6) is 5.75 Å². The number of fused-ring (bicyclic) bond motifs is 1. The Labute approximate surface area is 222 Å². The number of thiazole rings is 1. The minimum Gasteiger partial charge on any atom is -0.494 e. The maximum absolute atomic E-state index is 13.4. The highest BCUT2D eigenvalue weighted by molar-refractivity contribution is 7.92. The predicted octanol–water partition coefficient (Wildman–Crippen LogP) is 5.09. The second-order valence-corrected chi connectivity index (χ2v) is 12.4. The molecule has 0 saturated carbocycles. The van der Waals surface area contributed by atoms with Gasteiger partial charge in [-0.1, -0.05) is 35.1 Å². The number of carbonyl (C=O) groups is 1. The van der Waals surface area contributed by atoms with Crippen LogP contribution in [-0.2, 0) is 21.1 Å². The lowest BCUT2D eigenvalue weighted by Gasteiger charge is -2.21. The molecule has 0 unspecified atom stereocenters. The molecule has 0 bridgehead atoms. The monoisotopic (exact) mass is 559 g/mol. The Morgan fingerprint density at radius 1 is 1.11 bits per heavy atom. The van der Waals surface area contributed by atoms with Crippen LogP contribution >= 0.6 is 35.3 Å². The van der Waals surface area contributed by atoms with E-state index in [4.69, 9.17) is 21.3 Å². The summed E-state index contributed by atoms with van der Waals surface area (Å²) in [6.45, 7) is 4.62. The van der Waals surface area contributed by atoms with E-state index in [0.29, 0.717) is 28.0 Å². The Balaban J connectivity index is 0.00000432. The number of hydrogen-bond donors (Lipinski definition) is 0. The van der Waals surface area contributed by atoms with E-state index >= 15 is 0 Å². The van der Waals surface area contributed by atoms with Gasteiger partial charge in [-0.15, -0.1) is 12.4 Å².